The number of aromatic hydroxyl groups is 1. The van der Waals surface area contributed by atoms with Crippen LogP contribution < -0.4 is 9.47 Å². The number of fused-ring (bicyclic) bond motifs is 1. The molecule has 0 radical (unpaired) electrons. The van der Waals surface area contributed by atoms with E-state index in [1.807, 2.05) is 0 Å². The SMILES string of the molecule is O=C1C[C@@H](c2ccc(OC3O[C@H](CO)[C@@H](O)[C@H](O)[C@H]3O)cc2)Oc2cc(O)ccc21. The summed E-state index contributed by atoms with van der Waals surface area (Å²) in [5, 5.41) is 48.6. The molecule has 9 heteroatoms. The normalized spacial score (nSPS) is 31.0. The molecule has 0 aromatic heterocycles. The van der Waals surface area contributed by atoms with E-state index in [0.29, 0.717) is 22.6 Å². The molecule has 6 atom stereocenters. The molecule has 1 fully saturated rings. The molecule has 2 aliphatic rings. The molecule has 2 heterocycles. The Bertz CT molecular complexity index is 911. The maximum absolute atomic E-state index is 12.4. The summed E-state index contributed by atoms with van der Waals surface area (Å²) >= 11 is 0. The molecule has 0 spiro atoms. The zero-order valence-corrected chi connectivity index (χ0v) is 15.8. The molecule has 1 saturated heterocycles. The van der Waals surface area contributed by atoms with Crippen molar-refractivity contribution in [2.45, 2.75) is 43.2 Å². The molecule has 4 rings (SSSR count). The van der Waals surface area contributed by atoms with E-state index in [0.717, 1.165) is 0 Å². The second-order valence-corrected chi connectivity index (χ2v) is 7.30. The second-order valence-electron chi connectivity index (χ2n) is 7.30. The lowest BCUT2D eigenvalue weighted by atomic mass is 9.96. The van der Waals surface area contributed by atoms with Crippen LogP contribution in [0.25, 0.3) is 0 Å². The monoisotopic (exact) mass is 418 g/mol. The van der Waals surface area contributed by atoms with Crippen LogP contribution in [-0.2, 0) is 4.74 Å². The van der Waals surface area contributed by atoms with Crippen LogP contribution in [0, 0.1) is 0 Å². The number of ketones is 1. The van der Waals surface area contributed by atoms with Crippen molar-refractivity contribution in [3.05, 3.63) is 53.6 Å². The lowest BCUT2D eigenvalue weighted by molar-refractivity contribution is -0.277. The maximum atomic E-state index is 12.4. The van der Waals surface area contributed by atoms with E-state index < -0.39 is 43.4 Å². The van der Waals surface area contributed by atoms with Crippen LogP contribution in [-0.4, -0.2) is 68.6 Å². The molecule has 1 unspecified atom stereocenters. The fraction of sp³-hybridized carbons (Fsp3) is 0.381. The number of phenols is 1. The topological polar surface area (TPSA) is 146 Å². The molecular formula is C21H22O9. The van der Waals surface area contributed by atoms with Crippen LogP contribution in [0.2, 0.25) is 0 Å². The second kappa shape index (κ2) is 8.21. The van der Waals surface area contributed by atoms with E-state index in [9.17, 15) is 30.3 Å². The summed E-state index contributed by atoms with van der Waals surface area (Å²) in [4.78, 5) is 12.4. The van der Waals surface area contributed by atoms with Gasteiger partial charge in [0.25, 0.3) is 0 Å². The van der Waals surface area contributed by atoms with Gasteiger partial charge in [0, 0.05) is 6.07 Å². The lowest BCUT2D eigenvalue weighted by Gasteiger charge is -2.39. The highest BCUT2D eigenvalue weighted by Crippen LogP contribution is 2.37. The smallest absolute Gasteiger partial charge is 0.229 e. The number of phenolic OH excluding ortho intramolecular Hbond substituents is 1. The Labute approximate surface area is 171 Å². The lowest BCUT2D eigenvalue weighted by Crippen LogP contribution is -2.60. The van der Waals surface area contributed by atoms with Gasteiger partial charge in [-0.25, -0.2) is 0 Å². The predicted octanol–water partition coefficient (Wildman–Crippen LogP) is 0.277. The van der Waals surface area contributed by atoms with Gasteiger partial charge in [-0.3, -0.25) is 4.79 Å². The number of hydrogen-bond acceptors (Lipinski definition) is 9. The molecular weight excluding hydrogens is 396 g/mol. The third-order valence-corrected chi connectivity index (χ3v) is 5.26. The Kier molecular flexibility index (Phi) is 5.63. The standard InChI is InChI=1S/C21H22O9/c22-9-17-18(25)19(26)20(27)21(30-17)28-12-4-1-10(2-5-12)15-8-14(24)13-6-3-11(23)7-16(13)29-15/h1-7,15,17-23,25-27H,8-9H2/t15-,17+,18+,19-,20+,21?/m0/s1. The third-order valence-electron chi connectivity index (χ3n) is 5.26. The number of hydrogen-bond donors (Lipinski definition) is 5. The quantitative estimate of drug-likeness (QED) is 0.472. The summed E-state index contributed by atoms with van der Waals surface area (Å²) in [6.07, 6.45) is -7.24. The van der Waals surface area contributed by atoms with Crippen LogP contribution in [0.3, 0.4) is 0 Å². The van der Waals surface area contributed by atoms with Gasteiger partial charge in [0.1, 0.15) is 47.8 Å². The number of benzene rings is 2. The maximum Gasteiger partial charge on any atom is 0.229 e. The molecule has 5 N–H and O–H groups in total. The van der Waals surface area contributed by atoms with Crippen molar-refractivity contribution >= 4 is 5.78 Å². The molecule has 0 saturated carbocycles. The van der Waals surface area contributed by atoms with E-state index >= 15 is 0 Å². The first-order valence-corrected chi connectivity index (χ1v) is 9.47. The minimum Gasteiger partial charge on any atom is -0.508 e. The minimum absolute atomic E-state index is 0.00507. The average Bonchev–Trinajstić information content (AvgIpc) is 2.74. The van der Waals surface area contributed by atoms with Crippen molar-refractivity contribution in [2.24, 2.45) is 0 Å². The van der Waals surface area contributed by atoms with Gasteiger partial charge in [-0.15, -0.1) is 0 Å². The number of Topliss-reactive ketones (excluding diaryl/α,β-unsaturated/α-hetero) is 1. The molecule has 30 heavy (non-hydrogen) atoms. The van der Waals surface area contributed by atoms with Gasteiger partial charge in [-0.2, -0.15) is 0 Å². The molecule has 2 aliphatic heterocycles. The number of ether oxygens (including phenoxy) is 3. The van der Waals surface area contributed by atoms with Crippen LogP contribution in [0.1, 0.15) is 28.4 Å². The molecule has 2 aromatic rings. The number of aliphatic hydroxyl groups excluding tert-OH is 4. The summed E-state index contributed by atoms with van der Waals surface area (Å²) in [7, 11) is 0. The van der Waals surface area contributed by atoms with Crippen LogP contribution in [0.5, 0.6) is 17.2 Å². The van der Waals surface area contributed by atoms with Gasteiger partial charge in [0.15, 0.2) is 5.78 Å². The minimum atomic E-state index is -1.53. The summed E-state index contributed by atoms with van der Waals surface area (Å²) in [6, 6.07) is 10.9. The molecule has 0 amide bonds. The van der Waals surface area contributed by atoms with E-state index in [1.54, 1.807) is 24.3 Å². The van der Waals surface area contributed by atoms with E-state index in [-0.39, 0.29) is 18.0 Å². The molecule has 160 valence electrons. The first-order valence-electron chi connectivity index (χ1n) is 9.47. The molecule has 2 aromatic carbocycles. The number of carbonyl (C=O) groups excluding carboxylic acids is 1. The van der Waals surface area contributed by atoms with Gasteiger partial charge in [0.05, 0.1) is 18.6 Å². The Morgan fingerprint density at radius 2 is 1.73 bits per heavy atom. The van der Waals surface area contributed by atoms with Gasteiger partial charge in [-0.1, -0.05) is 12.1 Å². The Morgan fingerprint density at radius 3 is 2.43 bits per heavy atom. The van der Waals surface area contributed by atoms with Gasteiger partial charge in [-0.05, 0) is 29.8 Å². The van der Waals surface area contributed by atoms with Gasteiger partial charge < -0.3 is 39.7 Å². The van der Waals surface area contributed by atoms with Crippen molar-refractivity contribution in [3.8, 4) is 17.2 Å². The van der Waals surface area contributed by atoms with E-state index in [4.69, 9.17) is 14.2 Å². The fourth-order valence-corrected chi connectivity index (χ4v) is 3.56. The highest BCUT2D eigenvalue weighted by molar-refractivity contribution is 6.00. The van der Waals surface area contributed by atoms with Gasteiger partial charge >= 0.3 is 0 Å². The van der Waals surface area contributed by atoms with Crippen LogP contribution >= 0.6 is 0 Å². The highest BCUT2D eigenvalue weighted by Gasteiger charge is 2.44. The Hall–Kier alpha value is -2.69. The van der Waals surface area contributed by atoms with Crippen molar-refractivity contribution < 1.29 is 44.5 Å². The average molecular weight is 418 g/mol. The van der Waals surface area contributed by atoms with Crippen LogP contribution in [0.4, 0.5) is 0 Å². The number of aliphatic hydroxyl groups is 4. The molecule has 0 bridgehead atoms. The highest BCUT2D eigenvalue weighted by atomic mass is 16.7. The largest absolute Gasteiger partial charge is 0.508 e. The van der Waals surface area contributed by atoms with E-state index in [2.05, 4.69) is 0 Å². The number of rotatable bonds is 4. The van der Waals surface area contributed by atoms with Gasteiger partial charge in [0.2, 0.25) is 6.29 Å². The summed E-state index contributed by atoms with van der Waals surface area (Å²) < 4.78 is 16.7. The van der Waals surface area contributed by atoms with E-state index in [1.165, 1.54) is 18.2 Å². The third kappa shape index (κ3) is 3.85. The zero-order chi connectivity index (χ0) is 21.4. The predicted molar refractivity (Wildman–Crippen MR) is 101 cm³/mol. The first-order chi connectivity index (χ1) is 14.4. The Morgan fingerprint density at radius 1 is 1.00 bits per heavy atom. The summed E-state index contributed by atoms with van der Waals surface area (Å²) in [6.45, 7) is -0.548. The van der Waals surface area contributed by atoms with Crippen molar-refractivity contribution in [1.29, 1.82) is 0 Å². The van der Waals surface area contributed by atoms with Crippen LogP contribution in [0.15, 0.2) is 42.5 Å². The molecule has 9 nitrogen and oxygen atoms in total. The first kappa shape index (κ1) is 20.6. The summed E-state index contributed by atoms with van der Waals surface area (Å²) in [5.74, 6) is 0.537. The Balaban J connectivity index is 1.46. The molecule has 0 aliphatic carbocycles. The summed E-state index contributed by atoms with van der Waals surface area (Å²) in [5.41, 5.74) is 1.13. The fourth-order valence-electron chi connectivity index (χ4n) is 3.56. The number of carbonyl (C=O) groups is 1. The van der Waals surface area contributed by atoms with Crippen molar-refractivity contribution in [3.63, 3.8) is 0 Å². The van der Waals surface area contributed by atoms with Crippen molar-refractivity contribution in [2.75, 3.05) is 6.61 Å². The van der Waals surface area contributed by atoms with Crippen molar-refractivity contribution in [1.82, 2.24) is 0 Å². The zero-order valence-electron chi connectivity index (χ0n) is 15.8.